The molecule has 0 fully saturated rings. The van der Waals surface area contributed by atoms with E-state index < -0.39 is 11.6 Å². The molecular weight excluding hydrogens is 133 g/mol. The molecule has 0 aliphatic rings. The summed E-state index contributed by atoms with van der Waals surface area (Å²) in [6.45, 7) is 0. The Hall–Kier alpha value is 0.0800. The molecule has 0 bridgehead atoms. The van der Waals surface area contributed by atoms with Gasteiger partial charge in [0.2, 0.25) is 0 Å². The van der Waals surface area contributed by atoms with Crippen LogP contribution in [0.1, 0.15) is 0 Å². The average Bonchev–Trinajstić information content (AvgIpc) is 1.77. The molecule has 3 heteroatoms. The van der Waals surface area contributed by atoms with Gasteiger partial charge in [0.25, 0.3) is 0 Å². The van der Waals surface area contributed by atoms with E-state index in [1.54, 1.807) is 0 Å². The number of hydrogen-bond donors (Lipinski definition) is 0. The summed E-state index contributed by atoms with van der Waals surface area (Å²) in [6, 6.07) is 5.04. The maximum atomic E-state index is 11.9. The van der Waals surface area contributed by atoms with Gasteiger partial charge in [-0.2, -0.15) is 0 Å². The van der Waals surface area contributed by atoms with E-state index in [1.165, 1.54) is 12.1 Å². The van der Waals surface area contributed by atoms with Crippen molar-refractivity contribution in [3.8, 4) is 0 Å². The summed E-state index contributed by atoms with van der Waals surface area (Å²) in [4.78, 5) is 0. The summed E-state index contributed by atoms with van der Waals surface area (Å²) in [5.74, 6) is -1.60. The van der Waals surface area contributed by atoms with Crippen LogP contribution in [0.25, 0.3) is 0 Å². The Morgan fingerprint density at radius 2 is 1.22 bits per heavy atom. The predicted molar refractivity (Wildman–Crippen MR) is 33.5 cm³/mol. The van der Waals surface area contributed by atoms with Crippen molar-refractivity contribution >= 4 is 29.6 Å². The zero-order chi connectivity index (χ0) is 5.98. The Bertz CT molecular complexity index is 167. The van der Waals surface area contributed by atoms with E-state index in [0.29, 0.717) is 0 Å². The number of rotatable bonds is 0. The van der Waals surface area contributed by atoms with E-state index in [0.717, 1.165) is 12.1 Å². The Kier molecular flexibility index (Phi) is 4.02. The quantitative estimate of drug-likeness (QED) is 0.474. The van der Waals surface area contributed by atoms with Crippen molar-refractivity contribution in [3.05, 3.63) is 35.9 Å². The van der Waals surface area contributed by atoms with Gasteiger partial charge in [-0.15, -0.1) is 0 Å². The fraction of sp³-hybridized carbons (Fsp3) is 0. The average molecular weight is 138 g/mol. The second kappa shape index (κ2) is 3.99. The molecule has 44 valence electrons. The first-order valence-electron chi connectivity index (χ1n) is 2.21. The van der Waals surface area contributed by atoms with E-state index in [-0.39, 0.29) is 29.6 Å². The van der Waals surface area contributed by atoms with Gasteiger partial charge in [0.15, 0.2) is 11.6 Å². The third-order valence-corrected chi connectivity index (χ3v) is 0.824. The summed E-state index contributed by atoms with van der Waals surface area (Å²) < 4.78 is 23.9. The number of halogens is 2. The Labute approximate surface area is 74.2 Å². The van der Waals surface area contributed by atoms with E-state index >= 15 is 0 Å². The van der Waals surface area contributed by atoms with Gasteiger partial charge in [0.05, 0.1) is 0 Å². The molecule has 0 radical (unpaired) electrons. The fourth-order valence-electron chi connectivity index (χ4n) is 0.439. The second-order valence-electron chi connectivity index (χ2n) is 1.41. The van der Waals surface area contributed by atoms with Gasteiger partial charge in [-0.05, 0) is 12.1 Å². The van der Waals surface area contributed by atoms with Crippen LogP contribution < -0.4 is 0 Å². The minimum atomic E-state index is -0.799. The SMILES string of the molecule is Fc1ccccc1F.[NaH]. The molecule has 1 rings (SSSR count). The first-order chi connectivity index (χ1) is 3.80. The molecule has 0 aliphatic carbocycles. The number of hydrogen-bond acceptors (Lipinski definition) is 0. The van der Waals surface area contributed by atoms with E-state index in [2.05, 4.69) is 0 Å². The normalized spacial score (nSPS) is 8.22. The van der Waals surface area contributed by atoms with Crippen LogP contribution >= 0.6 is 0 Å². The Balaban J connectivity index is 0.000000640. The van der Waals surface area contributed by atoms with Crippen molar-refractivity contribution in [2.24, 2.45) is 0 Å². The van der Waals surface area contributed by atoms with Gasteiger partial charge in [-0.3, -0.25) is 0 Å². The van der Waals surface area contributed by atoms with Crippen molar-refractivity contribution in [2.45, 2.75) is 0 Å². The summed E-state index contributed by atoms with van der Waals surface area (Å²) in [5, 5.41) is 0. The minimum absolute atomic E-state index is 0. The van der Waals surface area contributed by atoms with Crippen LogP contribution in [0.4, 0.5) is 8.78 Å². The van der Waals surface area contributed by atoms with Gasteiger partial charge in [-0.1, -0.05) is 12.1 Å². The van der Waals surface area contributed by atoms with Crippen LogP contribution in [0.5, 0.6) is 0 Å². The molecule has 0 spiro atoms. The van der Waals surface area contributed by atoms with E-state index in [1.807, 2.05) is 0 Å². The summed E-state index contributed by atoms with van der Waals surface area (Å²) >= 11 is 0. The van der Waals surface area contributed by atoms with Crippen LogP contribution in [-0.2, 0) is 0 Å². The Morgan fingerprint density at radius 3 is 1.44 bits per heavy atom. The summed E-state index contributed by atoms with van der Waals surface area (Å²) in [6.07, 6.45) is 0. The molecule has 9 heavy (non-hydrogen) atoms. The topological polar surface area (TPSA) is 0 Å². The van der Waals surface area contributed by atoms with Gasteiger partial charge in [-0.25, -0.2) is 8.78 Å². The van der Waals surface area contributed by atoms with Crippen LogP contribution in [0.3, 0.4) is 0 Å². The van der Waals surface area contributed by atoms with Gasteiger partial charge < -0.3 is 0 Å². The number of benzene rings is 1. The molecule has 0 saturated carbocycles. The zero-order valence-electron chi connectivity index (χ0n) is 4.07. The molecular formula is C6H5F2Na. The van der Waals surface area contributed by atoms with Crippen LogP contribution in [0.2, 0.25) is 0 Å². The van der Waals surface area contributed by atoms with Crippen molar-refractivity contribution in [1.82, 2.24) is 0 Å². The molecule has 1 aromatic rings. The third-order valence-electron chi connectivity index (χ3n) is 0.824. The van der Waals surface area contributed by atoms with Crippen molar-refractivity contribution in [2.75, 3.05) is 0 Å². The molecule has 0 unspecified atom stereocenters. The summed E-state index contributed by atoms with van der Waals surface area (Å²) in [5.41, 5.74) is 0. The first kappa shape index (κ1) is 9.08. The molecule has 0 saturated heterocycles. The third kappa shape index (κ3) is 2.43. The molecule has 0 atom stereocenters. The van der Waals surface area contributed by atoms with Gasteiger partial charge in [0.1, 0.15) is 0 Å². The standard InChI is InChI=1S/C6H4F2.Na.H/c7-5-3-1-2-4-6(5)8;;/h1-4H;;. The molecule has 0 aliphatic heterocycles. The van der Waals surface area contributed by atoms with E-state index in [9.17, 15) is 8.78 Å². The Morgan fingerprint density at radius 1 is 0.889 bits per heavy atom. The monoisotopic (exact) mass is 138 g/mol. The van der Waals surface area contributed by atoms with Crippen molar-refractivity contribution in [3.63, 3.8) is 0 Å². The van der Waals surface area contributed by atoms with Gasteiger partial charge in [0, 0.05) is 0 Å². The predicted octanol–water partition coefficient (Wildman–Crippen LogP) is 1.32. The molecule has 0 N–H and O–H groups in total. The maximum absolute atomic E-state index is 11.9. The van der Waals surface area contributed by atoms with Crippen LogP contribution in [0.15, 0.2) is 24.3 Å². The fourth-order valence-corrected chi connectivity index (χ4v) is 0.439. The van der Waals surface area contributed by atoms with Crippen LogP contribution in [0, 0.1) is 11.6 Å². The molecule has 0 aromatic heterocycles. The second-order valence-corrected chi connectivity index (χ2v) is 1.41. The van der Waals surface area contributed by atoms with Crippen molar-refractivity contribution in [1.29, 1.82) is 0 Å². The molecule has 0 amide bonds. The first-order valence-corrected chi connectivity index (χ1v) is 2.21. The molecule has 0 heterocycles. The van der Waals surface area contributed by atoms with Gasteiger partial charge >= 0.3 is 29.6 Å². The van der Waals surface area contributed by atoms with Crippen LogP contribution in [-0.4, -0.2) is 29.6 Å². The molecule has 0 nitrogen and oxygen atoms in total. The summed E-state index contributed by atoms with van der Waals surface area (Å²) in [7, 11) is 0. The van der Waals surface area contributed by atoms with Crippen molar-refractivity contribution < 1.29 is 8.78 Å². The zero-order valence-corrected chi connectivity index (χ0v) is 4.07. The molecule has 1 aromatic carbocycles. The van der Waals surface area contributed by atoms with E-state index in [4.69, 9.17) is 0 Å².